The normalized spacial score (nSPS) is 35.2. The van der Waals surface area contributed by atoms with E-state index < -0.39 is 32.9 Å². The van der Waals surface area contributed by atoms with E-state index >= 15 is 0 Å². The Bertz CT molecular complexity index is 213. The minimum atomic E-state index is -5.10. The third-order valence-electron chi connectivity index (χ3n) is 1.62. The molecule has 0 unspecified atom stereocenters. The predicted molar refractivity (Wildman–Crippen MR) is 35.1 cm³/mol. The molecule has 0 saturated carbocycles. The van der Waals surface area contributed by atoms with E-state index in [1.165, 1.54) is 0 Å². The van der Waals surface area contributed by atoms with Gasteiger partial charge in [0.2, 0.25) is 0 Å². The summed E-state index contributed by atoms with van der Waals surface area (Å²) in [5, 5.41) is 17.7. The molecule has 3 atom stereocenters. The van der Waals surface area contributed by atoms with Gasteiger partial charge in [-0.25, -0.2) is 0 Å². The summed E-state index contributed by atoms with van der Waals surface area (Å²) in [6.07, 6.45) is -3.33. The second-order valence-corrected chi connectivity index (χ2v) is 3.75. The van der Waals surface area contributed by atoms with Crippen molar-refractivity contribution in [3.05, 3.63) is 0 Å². The number of phosphoric acid groups is 1. The first-order valence-electron chi connectivity index (χ1n) is 3.57. The zero-order chi connectivity index (χ0) is 10.1. The lowest BCUT2D eigenvalue weighted by Gasteiger charge is -2.31. The van der Waals surface area contributed by atoms with E-state index in [0.717, 1.165) is 0 Å². The molecule has 0 bridgehead atoms. The molecule has 1 fully saturated rings. The Morgan fingerprint density at radius 3 is 2.62 bits per heavy atom. The molecule has 0 aromatic heterocycles. The van der Waals surface area contributed by atoms with E-state index in [0.29, 0.717) is 0 Å². The quantitative estimate of drug-likeness (QED) is 0.488. The first-order valence-corrected chi connectivity index (χ1v) is 5.03. The van der Waals surface area contributed by atoms with Gasteiger partial charge in [-0.3, -0.25) is 0 Å². The minimum absolute atomic E-state index is 0.139. The number of ether oxygens (including phenoxy) is 1. The fourth-order valence-corrected chi connectivity index (χ4v) is 1.49. The summed E-state index contributed by atoms with van der Waals surface area (Å²) in [6, 6.07) is 0. The Balaban J connectivity index is 2.45. The molecule has 0 amide bonds. The van der Waals surface area contributed by atoms with Gasteiger partial charge in [0.1, 0.15) is 6.10 Å². The Morgan fingerprint density at radius 2 is 2.23 bits per heavy atom. The van der Waals surface area contributed by atoms with Crippen molar-refractivity contribution in [1.29, 1.82) is 0 Å². The largest absolute Gasteiger partial charge is 0.790 e. The molecule has 0 aliphatic carbocycles. The van der Waals surface area contributed by atoms with Gasteiger partial charge in [0.05, 0.1) is 20.5 Å². The van der Waals surface area contributed by atoms with Crippen molar-refractivity contribution >= 4 is 7.82 Å². The van der Waals surface area contributed by atoms with Crippen LogP contribution in [0.3, 0.4) is 0 Å². The van der Waals surface area contributed by atoms with E-state index in [1.807, 2.05) is 0 Å². The highest BCUT2D eigenvalue weighted by Crippen LogP contribution is 2.33. The second-order valence-electron chi connectivity index (χ2n) is 2.64. The molecule has 0 aromatic rings. The van der Waals surface area contributed by atoms with Crippen LogP contribution in [0.25, 0.3) is 0 Å². The molecule has 0 spiro atoms. The third kappa shape index (κ3) is 3.32. The van der Waals surface area contributed by atoms with Gasteiger partial charge in [0, 0.05) is 6.42 Å². The Kier molecular flexibility index (Phi) is 3.42. The molecule has 1 saturated heterocycles. The summed E-state index contributed by atoms with van der Waals surface area (Å²) in [4.78, 5) is 20.2. The van der Waals surface area contributed by atoms with E-state index in [-0.39, 0.29) is 6.42 Å². The summed E-state index contributed by atoms with van der Waals surface area (Å²) >= 11 is 0. The highest BCUT2D eigenvalue weighted by molar-refractivity contribution is 7.43. The SMILES string of the molecule is O=P([O-])([O-])O[C@@H]1C[C@H](O)[C@@H](CO)O1. The van der Waals surface area contributed by atoms with Gasteiger partial charge in [-0.15, -0.1) is 0 Å². The lowest BCUT2D eigenvalue weighted by molar-refractivity contribution is -0.352. The fraction of sp³-hybridized carbons (Fsp3) is 1.00. The Labute approximate surface area is 74.1 Å². The first kappa shape index (κ1) is 11.1. The number of hydrogen-bond acceptors (Lipinski definition) is 7. The maximum absolute atomic E-state index is 10.1. The zero-order valence-corrected chi connectivity index (χ0v) is 7.42. The van der Waals surface area contributed by atoms with Crippen molar-refractivity contribution in [1.82, 2.24) is 0 Å². The summed E-state index contributed by atoms with van der Waals surface area (Å²) < 4.78 is 18.8. The maximum Gasteiger partial charge on any atom is 0.165 e. The van der Waals surface area contributed by atoms with E-state index in [2.05, 4.69) is 4.52 Å². The second kappa shape index (κ2) is 4.02. The van der Waals surface area contributed by atoms with Crippen molar-refractivity contribution in [2.75, 3.05) is 6.61 Å². The van der Waals surface area contributed by atoms with E-state index in [9.17, 15) is 14.4 Å². The van der Waals surface area contributed by atoms with Gasteiger partial charge in [-0.2, -0.15) is 0 Å². The smallest absolute Gasteiger partial charge is 0.165 e. The number of phosphoric ester groups is 1. The van der Waals surface area contributed by atoms with Crippen molar-refractivity contribution < 1.29 is 33.8 Å². The van der Waals surface area contributed by atoms with Gasteiger partial charge in [0.25, 0.3) is 0 Å². The minimum Gasteiger partial charge on any atom is -0.790 e. The van der Waals surface area contributed by atoms with Crippen LogP contribution in [0.1, 0.15) is 6.42 Å². The highest BCUT2D eigenvalue weighted by atomic mass is 31.2. The molecule has 1 aliphatic rings. The Morgan fingerprint density at radius 1 is 1.62 bits per heavy atom. The van der Waals surface area contributed by atoms with Gasteiger partial charge < -0.3 is 33.8 Å². The summed E-state index contributed by atoms with van der Waals surface area (Å²) in [6.45, 7) is -0.455. The topological polar surface area (TPSA) is 122 Å². The van der Waals surface area contributed by atoms with Crippen LogP contribution in [-0.4, -0.2) is 35.3 Å². The number of hydrogen-bond donors (Lipinski definition) is 2. The monoisotopic (exact) mass is 212 g/mol. The van der Waals surface area contributed by atoms with Crippen LogP contribution >= 0.6 is 7.82 Å². The molecule has 0 aromatic carbocycles. The van der Waals surface area contributed by atoms with Crippen LogP contribution in [0.15, 0.2) is 0 Å². The Hall–Kier alpha value is -0.0100. The maximum atomic E-state index is 10.1. The molecule has 1 heterocycles. The molecule has 78 valence electrons. The van der Waals surface area contributed by atoms with Gasteiger partial charge in [0.15, 0.2) is 6.29 Å². The molecule has 1 rings (SSSR count). The van der Waals surface area contributed by atoms with E-state index in [4.69, 9.17) is 14.9 Å². The molecule has 2 N–H and O–H groups in total. The predicted octanol–water partition coefficient (Wildman–Crippen LogP) is -2.70. The summed E-state index contributed by atoms with van der Waals surface area (Å²) in [5.41, 5.74) is 0. The molecular weight excluding hydrogens is 203 g/mol. The van der Waals surface area contributed by atoms with E-state index in [1.54, 1.807) is 0 Å². The van der Waals surface area contributed by atoms with Crippen LogP contribution in [0.2, 0.25) is 0 Å². The molecular formula is C5H9O7P-2. The van der Waals surface area contributed by atoms with Crippen molar-refractivity contribution in [2.24, 2.45) is 0 Å². The summed E-state index contributed by atoms with van der Waals surface area (Å²) in [5.74, 6) is 0. The molecule has 7 nitrogen and oxygen atoms in total. The lowest BCUT2D eigenvalue weighted by atomic mass is 10.2. The number of aliphatic hydroxyl groups excluding tert-OH is 2. The van der Waals surface area contributed by atoms with Crippen molar-refractivity contribution in [2.45, 2.75) is 24.9 Å². The first-order chi connectivity index (χ1) is 5.92. The number of aliphatic hydroxyl groups is 2. The average molecular weight is 212 g/mol. The van der Waals surface area contributed by atoms with Crippen LogP contribution in [0, 0.1) is 0 Å². The van der Waals surface area contributed by atoms with Crippen molar-refractivity contribution in [3.8, 4) is 0 Å². The van der Waals surface area contributed by atoms with Gasteiger partial charge in [-0.1, -0.05) is 0 Å². The standard InChI is InChI=1S/C5H11O7P/c6-2-4-3(7)1-5(11-4)12-13(8,9)10/h3-7H,1-2H2,(H2,8,9,10)/p-2/t3-,4+,5+/m0/s1. The van der Waals surface area contributed by atoms with Gasteiger partial charge >= 0.3 is 0 Å². The molecule has 13 heavy (non-hydrogen) atoms. The number of rotatable bonds is 3. The molecule has 8 heteroatoms. The van der Waals surface area contributed by atoms with Crippen LogP contribution in [-0.2, 0) is 13.8 Å². The zero-order valence-electron chi connectivity index (χ0n) is 6.53. The van der Waals surface area contributed by atoms with Gasteiger partial charge in [-0.05, 0) is 0 Å². The lowest BCUT2D eigenvalue weighted by Crippen LogP contribution is -2.25. The van der Waals surface area contributed by atoms with Crippen LogP contribution < -0.4 is 9.79 Å². The summed E-state index contributed by atoms with van der Waals surface area (Å²) in [7, 11) is -5.10. The molecule has 1 aliphatic heterocycles. The van der Waals surface area contributed by atoms with Crippen molar-refractivity contribution in [3.63, 3.8) is 0 Å². The molecule has 0 radical (unpaired) electrons. The average Bonchev–Trinajstić information content (AvgIpc) is 2.26. The third-order valence-corrected chi connectivity index (χ3v) is 2.11. The van der Waals surface area contributed by atoms with Crippen LogP contribution in [0.5, 0.6) is 0 Å². The fourth-order valence-electron chi connectivity index (χ4n) is 1.07. The highest BCUT2D eigenvalue weighted by Gasteiger charge is 2.34. The van der Waals surface area contributed by atoms with Crippen LogP contribution in [0.4, 0.5) is 0 Å².